The topological polar surface area (TPSA) is 55.4 Å². The number of ether oxygens (including phenoxy) is 1. The Morgan fingerprint density at radius 1 is 0.947 bits per heavy atom. The molecule has 0 aliphatic heterocycles. The lowest BCUT2D eigenvalue weighted by Gasteiger charge is -2.20. The van der Waals surface area contributed by atoms with Crippen molar-refractivity contribution in [2.45, 2.75) is 53.5 Å². The van der Waals surface area contributed by atoms with E-state index in [2.05, 4.69) is 26.1 Å². The molecule has 116 valence electrons. The summed E-state index contributed by atoms with van der Waals surface area (Å²) in [7, 11) is -3.01. The summed E-state index contributed by atoms with van der Waals surface area (Å²) >= 11 is 0. The van der Waals surface area contributed by atoms with Gasteiger partial charge in [0.05, 0.1) is 18.1 Å². The quantitative estimate of drug-likeness (QED) is 0.697. The van der Waals surface area contributed by atoms with Crippen LogP contribution < -0.4 is 5.32 Å². The van der Waals surface area contributed by atoms with Crippen LogP contribution in [0.2, 0.25) is 0 Å². The molecule has 4 nitrogen and oxygen atoms in total. The molecule has 0 radical (unpaired) electrons. The fourth-order valence-corrected chi connectivity index (χ4v) is 2.34. The van der Waals surface area contributed by atoms with Gasteiger partial charge in [-0.15, -0.1) is 0 Å². The Morgan fingerprint density at radius 2 is 1.53 bits per heavy atom. The van der Waals surface area contributed by atoms with Gasteiger partial charge in [0.1, 0.15) is 0 Å². The average Bonchev–Trinajstić information content (AvgIpc) is 2.12. The third-order valence-corrected chi connectivity index (χ3v) is 4.22. The number of hydrogen-bond acceptors (Lipinski definition) is 4. The number of rotatable bonds is 8. The van der Waals surface area contributed by atoms with Crippen LogP contribution >= 0.6 is 0 Å². The molecule has 1 N–H and O–H groups in total. The van der Waals surface area contributed by atoms with Gasteiger partial charge >= 0.3 is 0 Å². The van der Waals surface area contributed by atoms with Crippen LogP contribution in [-0.4, -0.2) is 45.2 Å². The lowest BCUT2D eigenvalue weighted by molar-refractivity contribution is 0.120. The summed E-state index contributed by atoms with van der Waals surface area (Å²) in [4.78, 5) is 0. The van der Waals surface area contributed by atoms with Crippen LogP contribution in [0.15, 0.2) is 0 Å². The molecule has 0 amide bonds. The first-order valence-corrected chi connectivity index (χ1v) is 8.77. The van der Waals surface area contributed by atoms with E-state index < -0.39 is 9.84 Å². The van der Waals surface area contributed by atoms with Gasteiger partial charge in [0.25, 0.3) is 0 Å². The summed E-state index contributed by atoms with van der Waals surface area (Å²) in [6, 6.07) is 0. The predicted molar refractivity (Wildman–Crippen MR) is 81.3 cm³/mol. The molecule has 0 atom stereocenters. The normalized spacial score (nSPS) is 13.8. The third kappa shape index (κ3) is 14.1. The number of nitrogens with one attached hydrogen (secondary N) is 1. The zero-order valence-electron chi connectivity index (χ0n) is 13.4. The molecule has 0 saturated heterocycles. The molecule has 0 fully saturated rings. The summed E-state index contributed by atoms with van der Waals surface area (Å²) in [5.74, 6) is 0.288. The van der Waals surface area contributed by atoms with Crippen molar-refractivity contribution in [3.63, 3.8) is 0 Å². The van der Waals surface area contributed by atoms with Crippen LogP contribution in [0.5, 0.6) is 0 Å². The first kappa shape index (κ1) is 18.9. The summed E-state index contributed by atoms with van der Waals surface area (Å²) < 4.78 is 28.9. The Balaban J connectivity index is 3.75. The summed E-state index contributed by atoms with van der Waals surface area (Å²) in [6.45, 7) is 13.9. The van der Waals surface area contributed by atoms with Crippen molar-refractivity contribution < 1.29 is 13.2 Å². The molecule has 0 rings (SSSR count). The van der Waals surface area contributed by atoms with E-state index in [1.807, 2.05) is 20.8 Å². The van der Waals surface area contributed by atoms with Crippen LogP contribution in [0.3, 0.4) is 0 Å². The van der Waals surface area contributed by atoms with E-state index in [0.29, 0.717) is 19.8 Å². The van der Waals surface area contributed by atoms with Gasteiger partial charge in [-0.3, -0.25) is 0 Å². The minimum Gasteiger partial charge on any atom is -0.380 e. The summed E-state index contributed by atoms with van der Waals surface area (Å²) in [6.07, 6.45) is 0.943. The molecule has 0 aromatic rings. The predicted octanol–water partition coefficient (Wildman–Crippen LogP) is 2.24. The smallest absolute Gasteiger partial charge is 0.153 e. The van der Waals surface area contributed by atoms with Crippen molar-refractivity contribution in [1.29, 1.82) is 0 Å². The maximum atomic E-state index is 11.8. The van der Waals surface area contributed by atoms with Crippen LogP contribution in [0.1, 0.15) is 48.0 Å². The first-order chi connectivity index (χ1) is 8.41. The number of hydrogen-bond donors (Lipinski definition) is 1. The van der Waals surface area contributed by atoms with Gasteiger partial charge in [-0.25, -0.2) is 8.42 Å². The van der Waals surface area contributed by atoms with Crippen LogP contribution in [-0.2, 0) is 14.6 Å². The number of sulfone groups is 1. The van der Waals surface area contributed by atoms with Crippen molar-refractivity contribution in [3.8, 4) is 0 Å². The van der Waals surface area contributed by atoms with Crippen molar-refractivity contribution in [2.24, 2.45) is 5.41 Å². The maximum absolute atomic E-state index is 11.8. The van der Waals surface area contributed by atoms with Crippen molar-refractivity contribution in [1.82, 2.24) is 5.32 Å². The molecule has 0 saturated carbocycles. The van der Waals surface area contributed by atoms with E-state index >= 15 is 0 Å². The molecule has 0 aromatic heterocycles. The standard InChI is InChI=1S/C14H31NO3S/c1-13(2,3)7-9-18-10-12-19(16,17)11-8-15-14(4,5)6/h15H,7-12H2,1-6H3. The highest BCUT2D eigenvalue weighted by molar-refractivity contribution is 7.91. The van der Waals surface area contributed by atoms with Gasteiger partial charge in [-0.1, -0.05) is 20.8 Å². The molecule has 0 spiro atoms. The molecule has 0 aliphatic carbocycles. The summed E-state index contributed by atoms with van der Waals surface area (Å²) in [5.41, 5.74) is 0.189. The Morgan fingerprint density at radius 3 is 2.00 bits per heavy atom. The van der Waals surface area contributed by atoms with E-state index in [1.165, 1.54) is 0 Å². The Hall–Kier alpha value is -0.130. The minimum atomic E-state index is -3.01. The van der Waals surface area contributed by atoms with Gasteiger partial charge < -0.3 is 10.1 Å². The van der Waals surface area contributed by atoms with Gasteiger partial charge in [-0.2, -0.15) is 0 Å². The maximum Gasteiger partial charge on any atom is 0.153 e. The highest BCUT2D eigenvalue weighted by Gasteiger charge is 2.14. The molecule has 0 heterocycles. The summed E-state index contributed by atoms with van der Waals surface area (Å²) in [5, 5.41) is 3.18. The lowest BCUT2D eigenvalue weighted by atomic mass is 9.93. The molecule has 0 bridgehead atoms. The van der Waals surface area contributed by atoms with E-state index in [1.54, 1.807) is 0 Å². The highest BCUT2D eigenvalue weighted by atomic mass is 32.2. The highest BCUT2D eigenvalue weighted by Crippen LogP contribution is 2.17. The zero-order chi connectivity index (χ0) is 15.2. The second-order valence-electron chi connectivity index (χ2n) is 7.25. The molecule has 0 unspecified atom stereocenters. The van der Waals surface area contributed by atoms with Gasteiger partial charge in [0.15, 0.2) is 9.84 Å². The minimum absolute atomic E-state index is 0.0429. The largest absolute Gasteiger partial charge is 0.380 e. The zero-order valence-corrected chi connectivity index (χ0v) is 14.2. The van der Waals surface area contributed by atoms with Crippen LogP contribution in [0.25, 0.3) is 0 Å². The Bertz CT molecular complexity index is 337. The SMILES string of the molecule is CC(C)(C)CCOCCS(=O)(=O)CCNC(C)(C)C. The fraction of sp³-hybridized carbons (Fsp3) is 1.00. The van der Waals surface area contributed by atoms with E-state index in [4.69, 9.17) is 4.74 Å². The van der Waals surface area contributed by atoms with Crippen molar-refractivity contribution in [2.75, 3.05) is 31.3 Å². The molecule has 5 heteroatoms. The monoisotopic (exact) mass is 293 g/mol. The van der Waals surface area contributed by atoms with Crippen LogP contribution in [0, 0.1) is 5.41 Å². The average molecular weight is 293 g/mol. The lowest BCUT2D eigenvalue weighted by Crippen LogP contribution is -2.39. The van der Waals surface area contributed by atoms with E-state index in [-0.39, 0.29) is 22.5 Å². The third-order valence-electron chi connectivity index (χ3n) is 2.60. The Kier molecular flexibility index (Phi) is 7.55. The van der Waals surface area contributed by atoms with Gasteiger partial charge in [-0.05, 0) is 32.6 Å². The van der Waals surface area contributed by atoms with Crippen LogP contribution in [0.4, 0.5) is 0 Å². The molecular weight excluding hydrogens is 262 g/mol. The van der Waals surface area contributed by atoms with Gasteiger partial charge in [0, 0.05) is 18.7 Å². The second-order valence-corrected chi connectivity index (χ2v) is 9.56. The molecule has 0 aromatic carbocycles. The first-order valence-electron chi connectivity index (χ1n) is 6.95. The molecular formula is C14H31NO3S. The van der Waals surface area contributed by atoms with Crippen molar-refractivity contribution in [3.05, 3.63) is 0 Å². The Labute approximate surface area is 119 Å². The van der Waals surface area contributed by atoms with E-state index in [9.17, 15) is 8.42 Å². The molecule has 19 heavy (non-hydrogen) atoms. The van der Waals surface area contributed by atoms with E-state index in [0.717, 1.165) is 6.42 Å². The van der Waals surface area contributed by atoms with Gasteiger partial charge in [0.2, 0.25) is 0 Å². The fourth-order valence-electron chi connectivity index (χ4n) is 1.35. The second kappa shape index (κ2) is 7.60. The molecule has 0 aliphatic rings. The van der Waals surface area contributed by atoms with Crippen molar-refractivity contribution >= 4 is 9.84 Å².